The third kappa shape index (κ3) is 7.11. The maximum atomic E-state index is 11.9. The summed E-state index contributed by atoms with van der Waals surface area (Å²) in [5.74, 6) is 0.0124. The molecule has 7 heterocycles. The van der Waals surface area contributed by atoms with Crippen LogP contribution in [0.2, 0.25) is 0 Å². The molecule has 4 fully saturated rings. The van der Waals surface area contributed by atoms with Crippen LogP contribution in [0.1, 0.15) is 46.4 Å². The smallest absolute Gasteiger partial charge is 0.249 e. The summed E-state index contributed by atoms with van der Waals surface area (Å²) < 4.78 is 3.65. The Balaban J connectivity index is 0.000000137. The molecule has 0 unspecified atom stereocenters. The number of nitrogens with zero attached hydrogens (tertiary/aromatic N) is 8. The Morgan fingerprint density at radius 3 is 1.44 bits per heavy atom. The number of nitrogens with one attached hydrogen (secondary N) is 1. The molecule has 1 saturated carbocycles. The number of benzene rings is 6. The lowest BCUT2D eigenvalue weighted by Crippen LogP contribution is -2.43. The van der Waals surface area contributed by atoms with E-state index < -0.39 is 11.8 Å². The SMILES string of the molecule is NC(=O)c1cccc2c(-c3cnn4cc(-c5ccc(N6C[C@@H]7C[C@H]6CN7)cc5)cnc34)cccc12.NC(=O)c1cccc2c(-c3cnn4cc(-c5ccc(N6C[C@H]7CC[C@@H]6C7)cc5)cnc34)cccc12. The van der Waals surface area contributed by atoms with Crippen molar-refractivity contribution in [1.82, 2.24) is 34.5 Å². The first kappa shape index (κ1) is 41.7. The van der Waals surface area contributed by atoms with Gasteiger partial charge in [-0.2, -0.15) is 10.2 Å². The minimum Gasteiger partial charge on any atom is -0.368 e. The van der Waals surface area contributed by atoms with Gasteiger partial charge in [-0.25, -0.2) is 19.0 Å². The van der Waals surface area contributed by atoms with Crippen molar-refractivity contribution in [2.45, 2.75) is 43.8 Å². The van der Waals surface area contributed by atoms with Crippen LogP contribution in [-0.4, -0.2) is 78.8 Å². The Morgan fingerprint density at radius 2 is 1.00 bits per heavy atom. The molecule has 70 heavy (non-hydrogen) atoms. The number of aromatic nitrogens is 6. The third-order valence-electron chi connectivity index (χ3n) is 15.2. The van der Waals surface area contributed by atoms with Crippen molar-refractivity contribution in [3.8, 4) is 44.5 Å². The lowest BCUT2D eigenvalue weighted by molar-refractivity contribution is 0.0993. The minimum absolute atomic E-state index is 0.432. The van der Waals surface area contributed by atoms with Gasteiger partial charge < -0.3 is 26.6 Å². The monoisotopic (exact) mass is 919 g/mol. The molecular formula is C57H49N11O2. The zero-order valence-electron chi connectivity index (χ0n) is 38.3. The van der Waals surface area contributed by atoms with Crippen LogP contribution in [0.25, 0.3) is 77.3 Å². The van der Waals surface area contributed by atoms with Gasteiger partial charge in [0.25, 0.3) is 0 Å². The van der Waals surface area contributed by atoms with E-state index in [1.165, 1.54) is 43.6 Å². The predicted molar refractivity (Wildman–Crippen MR) is 276 cm³/mol. The van der Waals surface area contributed by atoms with Gasteiger partial charge in [0.1, 0.15) is 0 Å². The standard InChI is InChI=1S/C29H25N5O.C28H24N6O/c30-28(35)26-6-2-3-23-24(26)4-1-5-25(23)27-15-32-34-17-20(14-31-29(27)34)19-8-11-21(12-9-19)33-16-18-7-10-22(33)13-18;29-27(35)25-6-2-3-22-23(25)4-1-5-24(22)26-14-32-34-15-18(12-31-28(26)34)17-7-9-20(10-8-17)33-16-19-11-21(33)13-30-19/h1-6,8-9,11-12,14-15,17-18,22H,7,10,13,16H2,(H2,30,35);1-10,12,14-15,19,21,30H,11,13,16H2,(H2,29,35)/t18-,22+;19-,21-/m00/s1. The van der Waals surface area contributed by atoms with E-state index in [9.17, 15) is 9.59 Å². The fraction of sp³-hybridized carbons (Fsp3) is 0.193. The van der Waals surface area contributed by atoms with Gasteiger partial charge in [0.15, 0.2) is 11.3 Å². The van der Waals surface area contributed by atoms with Crippen LogP contribution in [0, 0.1) is 5.92 Å². The highest BCUT2D eigenvalue weighted by molar-refractivity contribution is 6.12. The van der Waals surface area contributed by atoms with Crippen molar-refractivity contribution in [3.05, 3.63) is 170 Å². The van der Waals surface area contributed by atoms with Gasteiger partial charge in [-0.1, -0.05) is 84.9 Å². The van der Waals surface area contributed by atoms with Crippen LogP contribution in [0.5, 0.6) is 0 Å². The first-order valence-electron chi connectivity index (χ1n) is 24.1. The number of primary amides is 2. The number of hydrogen-bond acceptors (Lipinski definition) is 9. The molecule has 4 bridgehead atoms. The number of rotatable bonds is 8. The molecule has 2 amide bonds. The number of piperazine rings is 1. The van der Waals surface area contributed by atoms with Crippen LogP contribution < -0.4 is 26.6 Å². The van der Waals surface area contributed by atoms with Crippen LogP contribution >= 0.6 is 0 Å². The van der Waals surface area contributed by atoms with Crippen molar-refractivity contribution in [3.63, 3.8) is 0 Å². The van der Waals surface area contributed by atoms with Crippen molar-refractivity contribution in [2.24, 2.45) is 17.4 Å². The molecular weight excluding hydrogens is 871 g/mol. The molecule has 0 spiro atoms. The van der Waals surface area contributed by atoms with Gasteiger partial charge in [0.2, 0.25) is 11.8 Å². The quantitative estimate of drug-likeness (QED) is 0.135. The number of amides is 2. The molecule has 1 aliphatic carbocycles. The molecule has 5 N–H and O–H groups in total. The Kier molecular flexibility index (Phi) is 9.94. The van der Waals surface area contributed by atoms with E-state index in [0.29, 0.717) is 23.2 Å². The third-order valence-corrected chi connectivity index (χ3v) is 15.2. The molecule has 14 rings (SSSR count). The fourth-order valence-electron chi connectivity index (χ4n) is 11.8. The number of hydrogen-bond donors (Lipinski definition) is 3. The molecule has 4 aromatic heterocycles. The van der Waals surface area contributed by atoms with Gasteiger partial charge in [0, 0.05) is 107 Å². The molecule has 6 aromatic carbocycles. The molecule has 3 saturated heterocycles. The Labute approximate surface area is 403 Å². The predicted octanol–water partition coefficient (Wildman–Crippen LogP) is 9.17. The number of piperidine rings is 1. The summed E-state index contributed by atoms with van der Waals surface area (Å²) in [7, 11) is 0. The van der Waals surface area contributed by atoms with Crippen LogP contribution in [0.15, 0.2) is 159 Å². The van der Waals surface area contributed by atoms with Crippen LogP contribution in [-0.2, 0) is 0 Å². The summed E-state index contributed by atoms with van der Waals surface area (Å²) in [4.78, 5) is 38.5. The molecule has 10 aromatic rings. The first-order valence-corrected chi connectivity index (χ1v) is 24.1. The van der Waals surface area contributed by atoms with Gasteiger partial charge in [-0.15, -0.1) is 0 Å². The number of fused-ring (bicyclic) bond motifs is 8. The summed E-state index contributed by atoms with van der Waals surface area (Å²) in [6.07, 6.45) is 16.8. The summed E-state index contributed by atoms with van der Waals surface area (Å²) in [6.45, 7) is 3.36. The van der Waals surface area contributed by atoms with E-state index in [1.54, 1.807) is 12.1 Å². The second kappa shape index (κ2) is 16.7. The number of carbonyl (C=O) groups is 2. The highest BCUT2D eigenvalue weighted by Crippen LogP contribution is 2.41. The van der Waals surface area contributed by atoms with Gasteiger partial charge >= 0.3 is 0 Å². The maximum Gasteiger partial charge on any atom is 0.249 e. The zero-order chi connectivity index (χ0) is 47.0. The molecule has 4 atom stereocenters. The second-order valence-corrected chi connectivity index (χ2v) is 19.2. The molecule has 13 nitrogen and oxygen atoms in total. The molecule has 13 heteroatoms. The fourth-order valence-corrected chi connectivity index (χ4v) is 11.8. The van der Waals surface area contributed by atoms with Gasteiger partial charge in [-0.05, 0) is 112 Å². The Morgan fingerprint density at radius 1 is 0.500 bits per heavy atom. The van der Waals surface area contributed by atoms with Crippen molar-refractivity contribution >= 4 is 56.0 Å². The lowest BCUT2D eigenvalue weighted by atomic mass is 9.96. The highest BCUT2D eigenvalue weighted by atomic mass is 16.1. The van der Waals surface area contributed by atoms with E-state index in [0.717, 1.165) is 102 Å². The summed E-state index contributed by atoms with van der Waals surface area (Å²) in [6, 6.07) is 42.6. The van der Waals surface area contributed by atoms with Crippen molar-refractivity contribution in [2.75, 3.05) is 29.4 Å². The first-order chi connectivity index (χ1) is 34.3. The zero-order valence-corrected chi connectivity index (χ0v) is 38.3. The topological polar surface area (TPSA) is 165 Å². The normalized spacial score (nSPS) is 19.1. The van der Waals surface area contributed by atoms with E-state index >= 15 is 0 Å². The molecule has 0 radical (unpaired) electrons. The summed E-state index contributed by atoms with van der Waals surface area (Å²) >= 11 is 0. The van der Waals surface area contributed by atoms with E-state index in [1.807, 2.05) is 107 Å². The number of carbonyl (C=O) groups excluding carboxylic acids is 2. The second-order valence-electron chi connectivity index (χ2n) is 19.2. The number of nitrogens with two attached hydrogens (primary N) is 2. The van der Waals surface area contributed by atoms with E-state index in [-0.39, 0.29) is 0 Å². The van der Waals surface area contributed by atoms with E-state index in [2.05, 4.69) is 73.8 Å². The van der Waals surface area contributed by atoms with E-state index in [4.69, 9.17) is 21.4 Å². The lowest BCUT2D eigenvalue weighted by Gasteiger charge is -2.29. The Bertz CT molecular complexity index is 3450. The van der Waals surface area contributed by atoms with Crippen molar-refractivity contribution < 1.29 is 9.59 Å². The molecule has 4 aliphatic rings. The van der Waals surface area contributed by atoms with Crippen molar-refractivity contribution in [1.29, 1.82) is 0 Å². The van der Waals surface area contributed by atoms with Gasteiger partial charge in [-0.3, -0.25) is 9.59 Å². The largest absolute Gasteiger partial charge is 0.368 e. The average molecular weight is 920 g/mol. The Hall–Kier alpha value is -8.42. The number of anilines is 2. The van der Waals surface area contributed by atoms with Gasteiger partial charge in [0.05, 0.1) is 12.4 Å². The van der Waals surface area contributed by atoms with Crippen LogP contribution in [0.4, 0.5) is 11.4 Å². The molecule has 344 valence electrons. The highest BCUT2D eigenvalue weighted by Gasteiger charge is 2.38. The summed E-state index contributed by atoms with van der Waals surface area (Å²) in [5.41, 5.74) is 24.4. The summed E-state index contributed by atoms with van der Waals surface area (Å²) in [5, 5.41) is 16.3. The maximum absolute atomic E-state index is 11.9. The average Bonchev–Trinajstić information content (AvgIpc) is 4.29. The molecule has 3 aliphatic heterocycles. The van der Waals surface area contributed by atoms with Crippen LogP contribution in [0.3, 0.4) is 0 Å². The minimum atomic E-state index is -0.435.